The summed E-state index contributed by atoms with van der Waals surface area (Å²) in [5.41, 5.74) is 1.10. The van der Waals surface area contributed by atoms with Gasteiger partial charge in [-0.2, -0.15) is 0 Å². The molecule has 0 saturated carbocycles. The van der Waals surface area contributed by atoms with Crippen LogP contribution in [-0.4, -0.2) is 35.0 Å². The quantitative estimate of drug-likeness (QED) is 0.837. The van der Waals surface area contributed by atoms with E-state index in [4.69, 9.17) is 5.11 Å². The summed E-state index contributed by atoms with van der Waals surface area (Å²) in [7, 11) is 0. The maximum Gasteiger partial charge on any atom is 0.305 e. The number of nitrogens with zero attached hydrogens (tertiary/aromatic N) is 1. The van der Waals surface area contributed by atoms with Crippen molar-refractivity contribution in [3.8, 4) is 0 Å². The van der Waals surface area contributed by atoms with Gasteiger partial charge in [-0.1, -0.05) is 28.1 Å². The minimum absolute atomic E-state index is 0.00212. The van der Waals surface area contributed by atoms with Crippen LogP contribution in [0.3, 0.4) is 0 Å². The van der Waals surface area contributed by atoms with Crippen LogP contribution in [0.4, 0.5) is 0 Å². The fraction of sp³-hybridized carbons (Fsp3) is 0.429. The first-order chi connectivity index (χ1) is 9.02. The predicted molar refractivity (Wildman–Crippen MR) is 77.0 cm³/mol. The lowest BCUT2D eigenvalue weighted by atomic mass is 10.1. The lowest BCUT2D eigenvalue weighted by Gasteiger charge is -2.19. The van der Waals surface area contributed by atoms with Crippen molar-refractivity contribution >= 4 is 27.8 Å². The number of amides is 1. The minimum atomic E-state index is -0.876. The number of rotatable bonds is 7. The van der Waals surface area contributed by atoms with Gasteiger partial charge >= 0.3 is 5.97 Å². The highest BCUT2D eigenvalue weighted by Crippen LogP contribution is 2.12. The highest BCUT2D eigenvalue weighted by molar-refractivity contribution is 9.10. The summed E-state index contributed by atoms with van der Waals surface area (Å²) < 4.78 is 1.01. The van der Waals surface area contributed by atoms with Crippen LogP contribution in [0, 0.1) is 0 Å². The molecule has 5 heteroatoms. The van der Waals surface area contributed by atoms with Crippen molar-refractivity contribution in [1.29, 1.82) is 0 Å². The first kappa shape index (κ1) is 15.7. The normalized spacial score (nSPS) is 10.2. The summed E-state index contributed by atoms with van der Waals surface area (Å²) in [6.07, 6.45) is 1.09. The maximum absolute atomic E-state index is 12.0. The fourth-order valence-electron chi connectivity index (χ4n) is 1.75. The third kappa shape index (κ3) is 5.87. The van der Waals surface area contributed by atoms with Crippen molar-refractivity contribution in [3.05, 3.63) is 34.3 Å². The molecule has 0 saturated heterocycles. The summed E-state index contributed by atoms with van der Waals surface area (Å²) in [6.45, 7) is 2.69. The van der Waals surface area contributed by atoms with Crippen LogP contribution in [0.2, 0.25) is 0 Å². The van der Waals surface area contributed by atoms with E-state index in [2.05, 4.69) is 15.9 Å². The standard InChI is InChI=1S/C14H18BrNO3/c1-2-16(10-9-14(18)19)13(17)8-5-11-3-6-12(15)7-4-11/h3-4,6-7H,2,5,8-10H2,1H3,(H,18,19). The van der Waals surface area contributed by atoms with Crippen LogP contribution in [0.25, 0.3) is 0 Å². The second-order valence-corrected chi connectivity index (χ2v) is 5.16. The number of carboxylic acid groups (broad SMARTS) is 1. The highest BCUT2D eigenvalue weighted by atomic mass is 79.9. The number of hydrogen-bond donors (Lipinski definition) is 1. The molecule has 1 aromatic carbocycles. The van der Waals surface area contributed by atoms with E-state index in [-0.39, 0.29) is 18.9 Å². The van der Waals surface area contributed by atoms with Crippen LogP contribution < -0.4 is 0 Å². The Morgan fingerprint density at radius 1 is 1.21 bits per heavy atom. The molecule has 0 aliphatic heterocycles. The average molecular weight is 328 g/mol. The Bertz CT molecular complexity index is 431. The van der Waals surface area contributed by atoms with Crippen molar-refractivity contribution in [1.82, 2.24) is 4.90 Å². The van der Waals surface area contributed by atoms with E-state index in [1.54, 1.807) is 4.90 Å². The number of halogens is 1. The lowest BCUT2D eigenvalue weighted by molar-refractivity contribution is -0.138. The largest absolute Gasteiger partial charge is 0.481 e. The second-order valence-electron chi connectivity index (χ2n) is 4.24. The van der Waals surface area contributed by atoms with Gasteiger partial charge in [-0.25, -0.2) is 0 Å². The van der Waals surface area contributed by atoms with E-state index in [1.165, 1.54) is 0 Å². The summed E-state index contributed by atoms with van der Waals surface area (Å²) in [5, 5.41) is 8.63. The maximum atomic E-state index is 12.0. The van der Waals surface area contributed by atoms with Gasteiger partial charge in [0, 0.05) is 24.0 Å². The van der Waals surface area contributed by atoms with Crippen molar-refractivity contribution < 1.29 is 14.7 Å². The summed E-state index contributed by atoms with van der Waals surface area (Å²) in [4.78, 5) is 24.1. The molecule has 104 valence electrons. The van der Waals surface area contributed by atoms with Gasteiger partial charge in [0.05, 0.1) is 6.42 Å². The monoisotopic (exact) mass is 327 g/mol. The van der Waals surface area contributed by atoms with Crippen LogP contribution in [-0.2, 0) is 16.0 Å². The number of aryl methyl sites for hydroxylation is 1. The molecule has 0 aliphatic carbocycles. The van der Waals surface area contributed by atoms with Crippen molar-refractivity contribution in [2.45, 2.75) is 26.2 Å². The molecule has 0 aliphatic rings. The minimum Gasteiger partial charge on any atom is -0.481 e. The molecule has 0 atom stereocenters. The zero-order chi connectivity index (χ0) is 14.3. The zero-order valence-electron chi connectivity index (χ0n) is 10.9. The fourth-order valence-corrected chi connectivity index (χ4v) is 2.01. The number of carbonyl (C=O) groups is 2. The van der Waals surface area contributed by atoms with Crippen LogP contribution >= 0.6 is 15.9 Å². The molecule has 1 aromatic rings. The summed E-state index contributed by atoms with van der Waals surface area (Å²) in [6, 6.07) is 7.85. The Kier molecular flexibility index (Phi) is 6.56. The number of aliphatic carboxylic acids is 1. The smallest absolute Gasteiger partial charge is 0.305 e. The van der Waals surface area contributed by atoms with Crippen molar-refractivity contribution in [3.63, 3.8) is 0 Å². The van der Waals surface area contributed by atoms with Gasteiger partial charge in [0.15, 0.2) is 0 Å². The molecule has 1 N–H and O–H groups in total. The molecule has 0 heterocycles. The van der Waals surface area contributed by atoms with E-state index in [1.807, 2.05) is 31.2 Å². The Morgan fingerprint density at radius 3 is 2.37 bits per heavy atom. The van der Waals surface area contributed by atoms with Gasteiger partial charge in [0.25, 0.3) is 0 Å². The topological polar surface area (TPSA) is 57.6 Å². The molecule has 0 aromatic heterocycles. The SMILES string of the molecule is CCN(CCC(=O)O)C(=O)CCc1ccc(Br)cc1. The molecule has 0 radical (unpaired) electrons. The summed E-state index contributed by atoms with van der Waals surface area (Å²) in [5.74, 6) is -0.870. The molecular weight excluding hydrogens is 310 g/mol. The molecule has 19 heavy (non-hydrogen) atoms. The second kappa shape index (κ2) is 7.94. The van der Waals surface area contributed by atoms with Gasteiger partial charge in [-0.05, 0) is 31.0 Å². The molecule has 4 nitrogen and oxygen atoms in total. The summed E-state index contributed by atoms with van der Waals surface area (Å²) >= 11 is 3.36. The van der Waals surface area contributed by atoms with Gasteiger partial charge in [0.1, 0.15) is 0 Å². The average Bonchev–Trinajstić information content (AvgIpc) is 2.38. The molecule has 0 spiro atoms. The predicted octanol–water partition coefficient (Wildman–Crippen LogP) is 2.70. The van der Waals surface area contributed by atoms with E-state index in [9.17, 15) is 9.59 Å². The van der Waals surface area contributed by atoms with Crippen LogP contribution in [0.15, 0.2) is 28.7 Å². The molecule has 1 amide bonds. The van der Waals surface area contributed by atoms with Gasteiger partial charge < -0.3 is 10.0 Å². The lowest BCUT2D eigenvalue weighted by Crippen LogP contribution is -2.32. The molecule has 1 rings (SSSR count). The number of carbonyl (C=O) groups excluding carboxylic acids is 1. The Hall–Kier alpha value is -1.36. The van der Waals surface area contributed by atoms with E-state index in [0.717, 1.165) is 10.0 Å². The highest BCUT2D eigenvalue weighted by Gasteiger charge is 2.12. The molecule has 0 unspecified atom stereocenters. The first-order valence-electron chi connectivity index (χ1n) is 6.27. The number of carboxylic acids is 1. The van der Waals surface area contributed by atoms with E-state index < -0.39 is 5.97 Å². The zero-order valence-corrected chi connectivity index (χ0v) is 12.5. The Labute approximate surface area is 121 Å². The molecular formula is C14H18BrNO3. The van der Waals surface area contributed by atoms with Crippen molar-refractivity contribution in [2.24, 2.45) is 0 Å². The first-order valence-corrected chi connectivity index (χ1v) is 7.06. The van der Waals surface area contributed by atoms with E-state index >= 15 is 0 Å². The Balaban J connectivity index is 2.44. The van der Waals surface area contributed by atoms with Crippen LogP contribution in [0.1, 0.15) is 25.3 Å². The van der Waals surface area contributed by atoms with Gasteiger partial charge in [0.2, 0.25) is 5.91 Å². The van der Waals surface area contributed by atoms with E-state index in [0.29, 0.717) is 19.4 Å². The Morgan fingerprint density at radius 2 is 1.84 bits per heavy atom. The third-order valence-corrected chi connectivity index (χ3v) is 3.40. The number of benzene rings is 1. The van der Waals surface area contributed by atoms with Crippen LogP contribution in [0.5, 0.6) is 0 Å². The van der Waals surface area contributed by atoms with Gasteiger partial charge in [-0.15, -0.1) is 0 Å². The molecule has 0 fully saturated rings. The number of hydrogen-bond acceptors (Lipinski definition) is 2. The van der Waals surface area contributed by atoms with Crippen molar-refractivity contribution in [2.75, 3.05) is 13.1 Å². The molecule has 0 bridgehead atoms. The van der Waals surface area contributed by atoms with Gasteiger partial charge in [-0.3, -0.25) is 9.59 Å². The third-order valence-electron chi connectivity index (χ3n) is 2.87.